The van der Waals surface area contributed by atoms with E-state index in [4.69, 9.17) is 14.2 Å². The van der Waals surface area contributed by atoms with Crippen LogP contribution in [0, 0.1) is 5.92 Å². The number of sulfonamides is 1. The summed E-state index contributed by atoms with van der Waals surface area (Å²) in [4.78, 5) is 61.7. The number of methoxy groups -OCH3 is 1. The Hall–Kier alpha value is -4.87. The molecule has 1 aromatic heterocycles. The van der Waals surface area contributed by atoms with Gasteiger partial charge in [-0.15, -0.1) is 0 Å². The third-order valence-corrected chi connectivity index (χ3v) is 14.0. The van der Waals surface area contributed by atoms with Crippen molar-refractivity contribution in [1.29, 1.82) is 0 Å². The van der Waals surface area contributed by atoms with Gasteiger partial charge in [0.25, 0.3) is 5.91 Å². The van der Waals surface area contributed by atoms with Crippen LogP contribution in [0.2, 0.25) is 0 Å². The van der Waals surface area contributed by atoms with E-state index in [2.05, 4.69) is 20.3 Å². The summed E-state index contributed by atoms with van der Waals surface area (Å²) in [5, 5.41) is 5.76. The van der Waals surface area contributed by atoms with Crippen molar-refractivity contribution in [2.45, 2.75) is 132 Å². The summed E-state index contributed by atoms with van der Waals surface area (Å²) in [7, 11) is -2.68. The van der Waals surface area contributed by atoms with E-state index >= 15 is 0 Å². The van der Waals surface area contributed by atoms with Crippen LogP contribution in [-0.2, 0) is 35.3 Å². The van der Waals surface area contributed by atoms with Gasteiger partial charge in [0.15, 0.2) is 11.4 Å². The number of amides is 4. The average Bonchev–Trinajstić information content (AvgIpc) is 4.03. The number of fused-ring (bicyclic) bond motifs is 5. The zero-order valence-electron chi connectivity index (χ0n) is 33.9. The first-order chi connectivity index (χ1) is 27.5. The van der Waals surface area contributed by atoms with Crippen LogP contribution in [0.1, 0.15) is 104 Å². The first-order valence-electron chi connectivity index (χ1n) is 19.8. The number of carbonyl (C=O) groups excluding carboxylic acids is 4. The Morgan fingerprint density at radius 2 is 1.81 bits per heavy atom. The van der Waals surface area contributed by atoms with Crippen molar-refractivity contribution in [3.8, 4) is 11.5 Å². The van der Waals surface area contributed by atoms with Crippen LogP contribution in [0.25, 0.3) is 16.5 Å². The highest BCUT2D eigenvalue weighted by Gasteiger charge is 2.64. The number of nitrogens with zero attached hydrogens (tertiary/aromatic N) is 2. The number of alkyl halides is 3. The Kier molecular flexibility index (Phi) is 10.5. The number of hydrogen-bond donors (Lipinski definition) is 3. The lowest BCUT2D eigenvalue weighted by atomic mass is 9.88. The van der Waals surface area contributed by atoms with Gasteiger partial charge in [-0.05, 0) is 103 Å². The number of aromatic nitrogens is 1. The lowest BCUT2D eigenvalue weighted by Crippen LogP contribution is -2.58. The molecular weight excluding hydrogens is 796 g/mol. The molecule has 4 heterocycles. The molecule has 0 bridgehead atoms. The lowest BCUT2D eigenvalue weighted by molar-refractivity contribution is -0.143. The zero-order chi connectivity index (χ0) is 42.9. The van der Waals surface area contributed by atoms with Gasteiger partial charge in [0.1, 0.15) is 34.6 Å². The minimum absolute atomic E-state index is 0.0446. The fourth-order valence-corrected chi connectivity index (χ4v) is 9.61. The van der Waals surface area contributed by atoms with Gasteiger partial charge in [-0.2, -0.15) is 13.2 Å². The molecule has 59 heavy (non-hydrogen) atoms. The largest absolute Gasteiger partial charge is 0.497 e. The highest BCUT2D eigenvalue weighted by Crippen LogP contribution is 2.51. The molecule has 5 aliphatic rings. The third kappa shape index (κ3) is 8.20. The van der Waals surface area contributed by atoms with Crippen LogP contribution in [0.15, 0.2) is 36.4 Å². The topological polar surface area (TPSA) is 182 Å². The van der Waals surface area contributed by atoms with E-state index in [-0.39, 0.29) is 30.3 Å². The number of carbonyl (C=O) groups is 4. The number of halogens is 3. The van der Waals surface area contributed by atoms with Crippen molar-refractivity contribution in [2.75, 3.05) is 13.7 Å². The van der Waals surface area contributed by atoms with Crippen LogP contribution < -0.4 is 24.8 Å². The Balaban J connectivity index is 1.30. The molecule has 3 fully saturated rings. The quantitative estimate of drug-likeness (QED) is 0.317. The van der Waals surface area contributed by atoms with E-state index < -0.39 is 97.5 Å². The maximum absolute atomic E-state index is 14.8. The number of hydrogen-bond acceptors (Lipinski definition) is 10. The first-order valence-corrected chi connectivity index (χ1v) is 21.3. The third-order valence-electron chi connectivity index (χ3n) is 11.9. The summed E-state index contributed by atoms with van der Waals surface area (Å²) < 4.78 is 89.2. The number of alkyl carbamates (subject to hydrolysis) is 1. The molecule has 1 aromatic carbocycles. The molecule has 5 atom stereocenters. The van der Waals surface area contributed by atoms with Gasteiger partial charge in [0.2, 0.25) is 21.8 Å². The Morgan fingerprint density at radius 1 is 1.08 bits per heavy atom. The Bertz CT molecular complexity index is 2270. The van der Waals surface area contributed by atoms with Gasteiger partial charge >= 0.3 is 12.3 Å². The van der Waals surface area contributed by atoms with Crippen LogP contribution in [0.3, 0.4) is 0 Å². The second-order valence-electron chi connectivity index (χ2n) is 17.6. The van der Waals surface area contributed by atoms with Crippen molar-refractivity contribution in [3.05, 3.63) is 47.7 Å². The van der Waals surface area contributed by atoms with Crippen molar-refractivity contribution in [3.63, 3.8) is 0 Å². The van der Waals surface area contributed by atoms with Crippen molar-refractivity contribution < 1.29 is 55.0 Å². The first kappa shape index (κ1) is 42.3. The van der Waals surface area contributed by atoms with Gasteiger partial charge in [-0.3, -0.25) is 19.1 Å². The summed E-state index contributed by atoms with van der Waals surface area (Å²) in [5.41, 5.74) is -5.10. The molecule has 3 N–H and O–H groups in total. The number of rotatable bonds is 5. The van der Waals surface area contributed by atoms with Gasteiger partial charge in [-0.25, -0.2) is 18.2 Å². The van der Waals surface area contributed by atoms with Crippen molar-refractivity contribution in [1.82, 2.24) is 25.2 Å². The van der Waals surface area contributed by atoms with Crippen LogP contribution in [0.4, 0.5) is 18.0 Å². The van der Waals surface area contributed by atoms with Gasteiger partial charge in [0.05, 0.1) is 23.9 Å². The number of nitrogens with one attached hydrogen (secondary N) is 3. The molecule has 14 nitrogen and oxygen atoms in total. The van der Waals surface area contributed by atoms with E-state index in [1.807, 2.05) is 6.08 Å². The minimum Gasteiger partial charge on any atom is -0.497 e. The van der Waals surface area contributed by atoms with Crippen molar-refractivity contribution in [2.24, 2.45) is 5.92 Å². The molecular formula is C41H50F3N5O9S. The fourth-order valence-electron chi connectivity index (χ4n) is 8.30. The Morgan fingerprint density at radius 3 is 2.47 bits per heavy atom. The molecule has 1 saturated heterocycles. The number of benzene rings is 1. The molecule has 2 saturated carbocycles. The maximum Gasteiger partial charge on any atom is 0.437 e. The van der Waals surface area contributed by atoms with E-state index in [9.17, 15) is 40.8 Å². The molecule has 2 aliphatic carbocycles. The second-order valence-corrected chi connectivity index (χ2v) is 19.8. The predicted octanol–water partition coefficient (Wildman–Crippen LogP) is 5.68. The summed E-state index contributed by atoms with van der Waals surface area (Å²) in [6.45, 7) is 7.69. The smallest absolute Gasteiger partial charge is 0.437 e. The van der Waals surface area contributed by atoms with E-state index in [1.54, 1.807) is 45.9 Å². The second kappa shape index (κ2) is 14.7. The molecule has 7 rings (SSSR count). The normalized spacial score (nSPS) is 28.7. The summed E-state index contributed by atoms with van der Waals surface area (Å²) in [6.07, 6.45) is 2.41. The molecule has 18 heteroatoms. The maximum atomic E-state index is 14.8. The van der Waals surface area contributed by atoms with E-state index in [0.29, 0.717) is 55.2 Å². The fraction of sp³-hybridized carbons (Fsp3) is 0.585. The summed E-state index contributed by atoms with van der Waals surface area (Å²) >= 11 is 0. The minimum atomic E-state index is -4.97. The number of allylic oxidation sites excluding steroid dienone is 2. The van der Waals surface area contributed by atoms with Gasteiger partial charge in [-0.1, -0.05) is 25.0 Å². The van der Waals surface area contributed by atoms with Crippen LogP contribution >= 0.6 is 0 Å². The molecule has 0 radical (unpaired) electrons. The predicted molar refractivity (Wildman–Crippen MR) is 209 cm³/mol. The number of ether oxygens (including phenoxy) is 3. The molecule has 2 aromatic rings. The van der Waals surface area contributed by atoms with E-state index in [0.717, 1.165) is 4.90 Å². The summed E-state index contributed by atoms with van der Waals surface area (Å²) in [6, 6.07) is 1.80. The number of pyridine rings is 1. The lowest BCUT2D eigenvalue weighted by Gasteiger charge is -2.35. The van der Waals surface area contributed by atoms with Crippen LogP contribution in [0.5, 0.6) is 11.5 Å². The average molecular weight is 846 g/mol. The monoisotopic (exact) mass is 845 g/mol. The molecule has 1 spiro atoms. The van der Waals surface area contributed by atoms with Crippen LogP contribution in [-0.4, -0.2) is 89.3 Å². The van der Waals surface area contributed by atoms with Gasteiger partial charge in [0, 0.05) is 23.3 Å². The zero-order valence-corrected chi connectivity index (χ0v) is 34.7. The highest BCUT2D eigenvalue weighted by molar-refractivity contribution is 7.91. The SMILES string of the molecule is COc1ccc2nc(C(F)(F)F)c3c(c2c1)C(C)=C[C@]1(C[C@H]2C(=O)N[C@]4(C(=O)NS(=O)(=O)C5(C)CC5)CC4/C=C\CCCCC[C@H](NC(=O)OC(C)(C)C)C(=O)N2C1)O3. The highest BCUT2D eigenvalue weighted by atomic mass is 32.2. The molecule has 3 aliphatic heterocycles. The molecule has 1 unspecified atom stereocenters. The van der Waals surface area contributed by atoms with E-state index in [1.165, 1.54) is 26.2 Å². The Labute approximate surface area is 340 Å². The summed E-state index contributed by atoms with van der Waals surface area (Å²) in [5.74, 6) is -3.27. The van der Waals surface area contributed by atoms with Gasteiger partial charge < -0.3 is 29.7 Å². The van der Waals surface area contributed by atoms with Crippen molar-refractivity contribution >= 4 is 50.3 Å². The standard InChI is InChI=1S/C41H50F3N5O9S/c1-23-19-39(57-31-30(23)26-18-25(56-6)14-15-27(26)45-32(31)41(42,43)44)21-29-33(50)47-40(35(52)48-59(54,55)38(5)16-17-38)20-24(40)12-10-8-7-9-11-13-28(34(51)49(29)22-39)46-36(53)58-37(2,3)4/h10,12,14-15,18-19,24,28-29H,7-9,11,13,16-17,20-22H2,1-6H3,(H,46,53)(H,47,50)(H,48,52)/b12-10-/t24?,28-,29-,39+,40+/m0/s1. The molecule has 4 amide bonds. The molecule has 320 valence electrons.